The van der Waals surface area contributed by atoms with E-state index >= 15 is 0 Å². The lowest BCUT2D eigenvalue weighted by atomic mass is 9.99. The summed E-state index contributed by atoms with van der Waals surface area (Å²) >= 11 is 0. The first kappa shape index (κ1) is 15.0. The van der Waals surface area contributed by atoms with Crippen molar-refractivity contribution in [2.45, 2.75) is 19.4 Å². The van der Waals surface area contributed by atoms with Crippen molar-refractivity contribution in [3.63, 3.8) is 0 Å². The molecule has 0 fully saturated rings. The fourth-order valence-corrected chi connectivity index (χ4v) is 2.26. The molecule has 4 heteroatoms. The molecule has 110 valence electrons. The molecule has 0 saturated carbocycles. The summed E-state index contributed by atoms with van der Waals surface area (Å²) in [5.74, 6) is -0.678. The first-order valence-electron chi connectivity index (χ1n) is 6.83. The van der Waals surface area contributed by atoms with Crippen LogP contribution in [-0.4, -0.2) is 17.9 Å². The van der Waals surface area contributed by atoms with Crippen LogP contribution in [0.4, 0.5) is 10.1 Å². The van der Waals surface area contributed by atoms with Crippen LogP contribution in [0.25, 0.3) is 0 Å². The number of halogens is 1. The number of carbonyl (C=O) groups excluding carboxylic acids is 1. The molecule has 1 amide bonds. The smallest absolute Gasteiger partial charge is 0.229 e. The van der Waals surface area contributed by atoms with Gasteiger partial charge in [-0.15, -0.1) is 0 Å². The zero-order valence-corrected chi connectivity index (χ0v) is 12.2. The van der Waals surface area contributed by atoms with Crippen molar-refractivity contribution >= 4 is 11.6 Å². The second-order valence-electron chi connectivity index (χ2n) is 5.18. The highest BCUT2D eigenvalue weighted by Gasteiger charge is 2.20. The summed E-state index contributed by atoms with van der Waals surface area (Å²) in [5, 5.41) is 0. The number of anilines is 1. The van der Waals surface area contributed by atoms with Crippen LogP contribution in [0.3, 0.4) is 0 Å². The van der Waals surface area contributed by atoms with Crippen LogP contribution in [0.5, 0.6) is 0 Å². The summed E-state index contributed by atoms with van der Waals surface area (Å²) in [4.78, 5) is 14.0. The largest absolute Gasteiger partial charge is 0.399 e. The summed E-state index contributed by atoms with van der Waals surface area (Å²) in [5.41, 5.74) is 7.74. The third kappa shape index (κ3) is 3.60. The molecule has 0 aromatic heterocycles. The maximum Gasteiger partial charge on any atom is 0.229 e. The van der Waals surface area contributed by atoms with Crippen molar-refractivity contribution < 1.29 is 9.18 Å². The normalized spacial score (nSPS) is 12.0. The second-order valence-corrected chi connectivity index (χ2v) is 5.18. The van der Waals surface area contributed by atoms with E-state index in [2.05, 4.69) is 0 Å². The Kier molecular flexibility index (Phi) is 4.58. The van der Waals surface area contributed by atoms with Gasteiger partial charge in [-0.3, -0.25) is 4.79 Å². The SMILES string of the molecule is CC(C(=O)N(C)Cc1ccccc1F)c1cccc(N)c1. The topological polar surface area (TPSA) is 46.3 Å². The van der Waals surface area contributed by atoms with Crippen LogP contribution < -0.4 is 5.73 Å². The highest BCUT2D eigenvalue weighted by Crippen LogP contribution is 2.21. The number of nitrogens with zero attached hydrogens (tertiary/aromatic N) is 1. The Morgan fingerprint density at radius 2 is 1.95 bits per heavy atom. The van der Waals surface area contributed by atoms with Crippen molar-refractivity contribution in [1.82, 2.24) is 4.90 Å². The number of likely N-dealkylation sites (N-methyl/N-ethyl adjacent to an activating group) is 1. The van der Waals surface area contributed by atoms with Gasteiger partial charge in [0.1, 0.15) is 5.82 Å². The zero-order valence-electron chi connectivity index (χ0n) is 12.2. The van der Waals surface area contributed by atoms with E-state index in [1.807, 2.05) is 19.1 Å². The highest BCUT2D eigenvalue weighted by atomic mass is 19.1. The molecule has 21 heavy (non-hydrogen) atoms. The van der Waals surface area contributed by atoms with Gasteiger partial charge in [0.15, 0.2) is 0 Å². The van der Waals surface area contributed by atoms with E-state index in [0.717, 1.165) is 5.56 Å². The van der Waals surface area contributed by atoms with Gasteiger partial charge in [0.05, 0.1) is 5.92 Å². The fourth-order valence-electron chi connectivity index (χ4n) is 2.26. The Labute approximate surface area is 124 Å². The molecule has 0 saturated heterocycles. The molecule has 3 nitrogen and oxygen atoms in total. The van der Waals surface area contributed by atoms with Gasteiger partial charge in [0, 0.05) is 24.8 Å². The molecule has 0 spiro atoms. The summed E-state index contributed by atoms with van der Waals surface area (Å²) < 4.78 is 13.6. The highest BCUT2D eigenvalue weighted by molar-refractivity contribution is 5.83. The Hall–Kier alpha value is -2.36. The molecule has 0 radical (unpaired) electrons. The maximum atomic E-state index is 13.6. The number of hydrogen-bond acceptors (Lipinski definition) is 2. The molecular formula is C17H19FN2O. The van der Waals surface area contributed by atoms with Gasteiger partial charge in [-0.1, -0.05) is 30.3 Å². The second kappa shape index (κ2) is 6.39. The monoisotopic (exact) mass is 286 g/mol. The Morgan fingerprint density at radius 1 is 1.24 bits per heavy atom. The fraction of sp³-hybridized carbons (Fsp3) is 0.235. The molecule has 0 bridgehead atoms. The van der Waals surface area contributed by atoms with E-state index in [9.17, 15) is 9.18 Å². The lowest BCUT2D eigenvalue weighted by Crippen LogP contribution is -2.30. The van der Waals surface area contributed by atoms with Gasteiger partial charge in [-0.2, -0.15) is 0 Å². The summed E-state index contributed by atoms with van der Waals surface area (Å²) in [7, 11) is 1.68. The lowest BCUT2D eigenvalue weighted by molar-refractivity contribution is -0.131. The van der Waals surface area contributed by atoms with E-state index in [1.54, 1.807) is 37.4 Å². The quantitative estimate of drug-likeness (QED) is 0.877. The average Bonchev–Trinajstić information content (AvgIpc) is 2.48. The number of rotatable bonds is 4. The number of carbonyl (C=O) groups is 1. The predicted molar refractivity (Wildman–Crippen MR) is 82.1 cm³/mol. The number of amides is 1. The van der Waals surface area contributed by atoms with Gasteiger partial charge in [0.25, 0.3) is 0 Å². The van der Waals surface area contributed by atoms with Gasteiger partial charge in [-0.25, -0.2) is 4.39 Å². The van der Waals surface area contributed by atoms with Crippen LogP contribution in [0, 0.1) is 5.82 Å². The third-order valence-electron chi connectivity index (χ3n) is 3.52. The minimum atomic E-state index is -0.315. The number of nitrogens with two attached hydrogens (primary N) is 1. The van der Waals surface area contributed by atoms with Crippen molar-refractivity contribution in [3.8, 4) is 0 Å². The van der Waals surface area contributed by atoms with E-state index in [0.29, 0.717) is 11.3 Å². The van der Waals surface area contributed by atoms with Crippen LogP contribution in [-0.2, 0) is 11.3 Å². The van der Waals surface area contributed by atoms with Gasteiger partial charge in [0.2, 0.25) is 5.91 Å². The molecule has 0 aliphatic heterocycles. The Bertz CT molecular complexity index is 642. The number of benzene rings is 2. The molecule has 0 aliphatic rings. The number of nitrogen functional groups attached to an aromatic ring is 1. The Morgan fingerprint density at radius 3 is 2.62 bits per heavy atom. The standard InChI is InChI=1S/C17H19FN2O/c1-12(13-7-5-8-15(19)10-13)17(21)20(2)11-14-6-3-4-9-16(14)18/h3-10,12H,11,19H2,1-2H3. The van der Waals surface area contributed by atoms with Crippen molar-refractivity contribution in [1.29, 1.82) is 0 Å². The van der Waals surface area contributed by atoms with Crippen molar-refractivity contribution in [2.75, 3.05) is 12.8 Å². The van der Waals surface area contributed by atoms with Gasteiger partial charge >= 0.3 is 0 Å². The van der Waals surface area contributed by atoms with Crippen LogP contribution >= 0.6 is 0 Å². The van der Waals surface area contributed by atoms with E-state index < -0.39 is 0 Å². The molecular weight excluding hydrogens is 267 g/mol. The van der Waals surface area contributed by atoms with Crippen LogP contribution in [0.15, 0.2) is 48.5 Å². The first-order valence-corrected chi connectivity index (χ1v) is 6.83. The molecule has 0 heterocycles. The summed E-state index contributed by atoms with van der Waals surface area (Å²) in [6.07, 6.45) is 0. The zero-order chi connectivity index (χ0) is 15.4. The molecule has 1 unspecified atom stereocenters. The molecule has 2 N–H and O–H groups in total. The summed E-state index contributed by atoms with van der Waals surface area (Å²) in [6.45, 7) is 2.08. The minimum Gasteiger partial charge on any atom is -0.399 e. The van der Waals surface area contributed by atoms with Crippen LogP contribution in [0.2, 0.25) is 0 Å². The Balaban J connectivity index is 2.10. The molecule has 2 aromatic carbocycles. The molecule has 2 rings (SSSR count). The predicted octanol–water partition coefficient (Wildman–Crippen LogP) is 3.17. The molecule has 2 aromatic rings. The number of hydrogen-bond donors (Lipinski definition) is 1. The summed E-state index contributed by atoms with van der Waals surface area (Å²) in [6, 6.07) is 13.7. The van der Waals surface area contributed by atoms with Crippen molar-refractivity contribution in [2.24, 2.45) is 0 Å². The third-order valence-corrected chi connectivity index (χ3v) is 3.52. The van der Waals surface area contributed by atoms with E-state index in [-0.39, 0.29) is 24.2 Å². The van der Waals surface area contributed by atoms with E-state index in [4.69, 9.17) is 5.73 Å². The lowest BCUT2D eigenvalue weighted by Gasteiger charge is -2.22. The van der Waals surface area contributed by atoms with Gasteiger partial charge in [-0.05, 0) is 30.7 Å². The first-order chi connectivity index (χ1) is 9.99. The minimum absolute atomic E-state index is 0.0659. The molecule has 1 atom stereocenters. The van der Waals surface area contributed by atoms with Crippen LogP contribution in [0.1, 0.15) is 24.0 Å². The van der Waals surface area contributed by atoms with Crippen molar-refractivity contribution in [3.05, 3.63) is 65.5 Å². The van der Waals surface area contributed by atoms with Gasteiger partial charge < -0.3 is 10.6 Å². The molecule has 0 aliphatic carbocycles. The average molecular weight is 286 g/mol. The van der Waals surface area contributed by atoms with E-state index in [1.165, 1.54) is 11.0 Å². The maximum absolute atomic E-state index is 13.6.